The number of allylic oxidation sites excluding steroid dienone is 2. The third-order valence-corrected chi connectivity index (χ3v) is 13.6. The zero-order valence-electron chi connectivity index (χ0n) is 43.3. The van der Waals surface area contributed by atoms with Crippen molar-refractivity contribution in [3.05, 3.63) is 12.2 Å². The maximum atomic E-state index is 12.4. The number of carbonyl (C=O) groups is 2. The van der Waals surface area contributed by atoms with E-state index in [0.717, 1.165) is 38.5 Å². The molecule has 0 saturated carbocycles. The van der Waals surface area contributed by atoms with Gasteiger partial charge in [-0.3, -0.25) is 9.59 Å². The third kappa shape index (κ3) is 50.0. The fourth-order valence-corrected chi connectivity index (χ4v) is 9.11. The van der Waals surface area contributed by atoms with Crippen molar-refractivity contribution in [1.29, 1.82) is 0 Å². The first-order valence-corrected chi connectivity index (χ1v) is 28.9. The van der Waals surface area contributed by atoms with Crippen LogP contribution in [0.4, 0.5) is 0 Å². The van der Waals surface area contributed by atoms with Crippen LogP contribution in [0.25, 0.3) is 0 Å². The Morgan fingerprint density at radius 3 is 1.11 bits per heavy atom. The zero-order chi connectivity index (χ0) is 46.5. The van der Waals surface area contributed by atoms with E-state index in [1.165, 1.54) is 250 Å². The minimum Gasteiger partial charge on any atom is -0.466 e. The average molecular weight is 905 g/mol. The summed E-state index contributed by atoms with van der Waals surface area (Å²) in [5.41, 5.74) is 0. The summed E-state index contributed by atoms with van der Waals surface area (Å²) < 4.78 is 5.49. The predicted molar refractivity (Wildman–Crippen MR) is 278 cm³/mol. The van der Waals surface area contributed by atoms with Crippen LogP contribution < -0.4 is 5.32 Å². The summed E-state index contributed by atoms with van der Waals surface area (Å²) in [4.78, 5) is 24.5. The number of esters is 1. The summed E-state index contributed by atoms with van der Waals surface area (Å²) in [5.74, 6) is -0.0315. The molecule has 380 valence electrons. The van der Waals surface area contributed by atoms with Crippen molar-refractivity contribution in [2.24, 2.45) is 0 Å². The summed E-state index contributed by atoms with van der Waals surface area (Å²) in [6.07, 6.45) is 63.5. The molecule has 0 aliphatic carbocycles. The molecular weight excluding hydrogens is 791 g/mol. The molecular formula is C58H113NO5. The van der Waals surface area contributed by atoms with Gasteiger partial charge in [0.2, 0.25) is 5.91 Å². The summed E-state index contributed by atoms with van der Waals surface area (Å²) in [7, 11) is 0. The molecule has 0 heterocycles. The Morgan fingerprint density at radius 2 is 0.734 bits per heavy atom. The normalized spacial score (nSPS) is 12.6. The number of carbonyl (C=O) groups excluding carboxylic acids is 2. The molecule has 0 aromatic rings. The van der Waals surface area contributed by atoms with E-state index >= 15 is 0 Å². The third-order valence-electron chi connectivity index (χ3n) is 13.6. The lowest BCUT2D eigenvalue weighted by Crippen LogP contribution is -2.45. The first-order chi connectivity index (χ1) is 31.5. The van der Waals surface area contributed by atoms with Crippen molar-refractivity contribution in [3.63, 3.8) is 0 Å². The second-order valence-corrected chi connectivity index (χ2v) is 20.0. The number of amides is 1. The Kier molecular flexibility index (Phi) is 53.0. The summed E-state index contributed by atoms with van der Waals surface area (Å²) in [5, 5.41) is 23.1. The summed E-state index contributed by atoms with van der Waals surface area (Å²) in [6.45, 7) is 4.95. The number of nitrogens with one attached hydrogen (secondary N) is 1. The van der Waals surface area contributed by atoms with Crippen molar-refractivity contribution in [1.82, 2.24) is 5.32 Å². The highest BCUT2D eigenvalue weighted by molar-refractivity contribution is 5.76. The second-order valence-electron chi connectivity index (χ2n) is 20.0. The van der Waals surface area contributed by atoms with Crippen molar-refractivity contribution in [3.8, 4) is 0 Å². The van der Waals surface area contributed by atoms with Gasteiger partial charge < -0.3 is 20.3 Å². The molecule has 0 aromatic carbocycles. The molecule has 3 N–H and O–H groups in total. The van der Waals surface area contributed by atoms with Gasteiger partial charge in [0.05, 0.1) is 25.4 Å². The smallest absolute Gasteiger partial charge is 0.305 e. The Labute approximate surface area is 399 Å². The molecule has 0 radical (unpaired) electrons. The molecule has 1 amide bonds. The molecule has 0 bridgehead atoms. The molecule has 64 heavy (non-hydrogen) atoms. The minimum atomic E-state index is -0.666. The van der Waals surface area contributed by atoms with Gasteiger partial charge in [0.25, 0.3) is 0 Å². The SMILES string of the molecule is CCCCCCCCCCCCCCCCCCC(=O)OCCCCCCCCCCCC/C=C\CCCCCCCCCC(=O)NC(CO)C(O)CCCCCCCCCCCC. The molecule has 2 atom stereocenters. The number of ether oxygens (including phenoxy) is 1. The van der Waals surface area contributed by atoms with Crippen LogP contribution in [-0.4, -0.2) is 47.4 Å². The number of hydrogen-bond acceptors (Lipinski definition) is 5. The van der Waals surface area contributed by atoms with Gasteiger partial charge in [0.15, 0.2) is 0 Å². The number of aliphatic hydroxyl groups excluding tert-OH is 2. The Morgan fingerprint density at radius 1 is 0.422 bits per heavy atom. The quantitative estimate of drug-likeness (QED) is 0.0321. The van der Waals surface area contributed by atoms with E-state index in [0.29, 0.717) is 25.9 Å². The van der Waals surface area contributed by atoms with Gasteiger partial charge in [0, 0.05) is 12.8 Å². The Bertz CT molecular complexity index is 955. The highest BCUT2D eigenvalue weighted by atomic mass is 16.5. The molecule has 0 rings (SSSR count). The van der Waals surface area contributed by atoms with Crippen LogP contribution in [0.2, 0.25) is 0 Å². The summed E-state index contributed by atoms with van der Waals surface area (Å²) >= 11 is 0. The van der Waals surface area contributed by atoms with Gasteiger partial charge in [-0.25, -0.2) is 0 Å². The lowest BCUT2D eigenvalue weighted by molar-refractivity contribution is -0.143. The van der Waals surface area contributed by atoms with E-state index in [1.807, 2.05) is 0 Å². The van der Waals surface area contributed by atoms with E-state index in [1.54, 1.807) is 0 Å². The van der Waals surface area contributed by atoms with Crippen LogP contribution >= 0.6 is 0 Å². The van der Waals surface area contributed by atoms with E-state index in [9.17, 15) is 19.8 Å². The van der Waals surface area contributed by atoms with Gasteiger partial charge in [-0.15, -0.1) is 0 Å². The fourth-order valence-electron chi connectivity index (χ4n) is 9.11. The predicted octanol–water partition coefficient (Wildman–Crippen LogP) is 17.7. The highest BCUT2D eigenvalue weighted by Gasteiger charge is 2.20. The molecule has 2 unspecified atom stereocenters. The molecule has 0 aliphatic rings. The van der Waals surface area contributed by atoms with Crippen LogP contribution in [0.1, 0.15) is 322 Å². The lowest BCUT2D eigenvalue weighted by atomic mass is 10.0. The molecule has 6 nitrogen and oxygen atoms in total. The minimum absolute atomic E-state index is 0.0119. The van der Waals surface area contributed by atoms with Crippen molar-refractivity contribution >= 4 is 11.9 Å². The van der Waals surface area contributed by atoms with Crippen LogP contribution in [0, 0.1) is 0 Å². The first kappa shape index (κ1) is 62.6. The Balaban J connectivity index is 3.38. The van der Waals surface area contributed by atoms with Crippen LogP contribution in [0.5, 0.6) is 0 Å². The molecule has 0 aromatic heterocycles. The largest absolute Gasteiger partial charge is 0.466 e. The molecule has 0 aliphatic heterocycles. The number of aliphatic hydroxyl groups is 2. The van der Waals surface area contributed by atoms with E-state index in [-0.39, 0.29) is 18.5 Å². The topological polar surface area (TPSA) is 95.9 Å². The molecule has 0 fully saturated rings. The summed E-state index contributed by atoms with van der Waals surface area (Å²) in [6, 6.07) is -0.544. The van der Waals surface area contributed by atoms with Gasteiger partial charge in [-0.05, 0) is 51.4 Å². The van der Waals surface area contributed by atoms with E-state index in [4.69, 9.17) is 4.74 Å². The number of rotatable bonds is 54. The zero-order valence-corrected chi connectivity index (χ0v) is 43.3. The number of hydrogen-bond donors (Lipinski definition) is 3. The van der Waals surface area contributed by atoms with Crippen molar-refractivity contribution in [2.75, 3.05) is 13.2 Å². The van der Waals surface area contributed by atoms with Crippen LogP contribution in [-0.2, 0) is 14.3 Å². The van der Waals surface area contributed by atoms with Crippen LogP contribution in [0.15, 0.2) is 12.2 Å². The first-order valence-electron chi connectivity index (χ1n) is 28.9. The highest BCUT2D eigenvalue weighted by Crippen LogP contribution is 2.17. The van der Waals surface area contributed by atoms with E-state index < -0.39 is 12.1 Å². The van der Waals surface area contributed by atoms with E-state index in [2.05, 4.69) is 31.3 Å². The maximum absolute atomic E-state index is 12.4. The standard InChI is InChI=1S/C58H113NO5/c1-3-5-7-9-11-13-15-16-17-26-29-32-36-40-44-48-52-58(63)64-53-49-45-41-37-33-30-27-24-22-20-18-19-21-23-25-28-31-35-39-43-47-51-57(62)59-55(54-60)56(61)50-46-42-38-34-14-12-10-8-6-4-2/h19,21,55-56,60-61H,3-18,20,22-54H2,1-2H3,(H,59,62)/b21-19-. The Hall–Kier alpha value is -1.40. The molecule has 0 saturated heterocycles. The van der Waals surface area contributed by atoms with Gasteiger partial charge in [-0.2, -0.15) is 0 Å². The van der Waals surface area contributed by atoms with Crippen molar-refractivity contribution in [2.45, 2.75) is 334 Å². The second kappa shape index (κ2) is 54.2. The van der Waals surface area contributed by atoms with Gasteiger partial charge >= 0.3 is 5.97 Å². The van der Waals surface area contributed by atoms with Gasteiger partial charge in [0.1, 0.15) is 0 Å². The lowest BCUT2D eigenvalue weighted by Gasteiger charge is -2.22. The molecule has 6 heteroatoms. The monoisotopic (exact) mass is 904 g/mol. The van der Waals surface area contributed by atoms with Gasteiger partial charge in [-0.1, -0.05) is 270 Å². The molecule has 0 spiro atoms. The van der Waals surface area contributed by atoms with Crippen LogP contribution in [0.3, 0.4) is 0 Å². The number of unbranched alkanes of at least 4 members (excludes halogenated alkanes) is 41. The van der Waals surface area contributed by atoms with Crippen molar-refractivity contribution < 1.29 is 24.5 Å². The average Bonchev–Trinajstić information content (AvgIpc) is 3.29. The maximum Gasteiger partial charge on any atom is 0.305 e. The fraction of sp³-hybridized carbons (Fsp3) is 0.931.